The van der Waals surface area contributed by atoms with E-state index in [0.717, 1.165) is 58.7 Å². The van der Waals surface area contributed by atoms with Crippen LogP contribution in [0.5, 0.6) is 0 Å². The molecule has 0 bridgehead atoms. The van der Waals surface area contributed by atoms with Crippen molar-refractivity contribution in [1.82, 2.24) is 35.1 Å². The molecule has 0 spiro atoms. The average Bonchev–Trinajstić information content (AvgIpc) is 3.75. The fraction of sp³-hybridized carbons (Fsp3) is 0.242. The summed E-state index contributed by atoms with van der Waals surface area (Å²) >= 11 is 6.10. The number of rotatable bonds is 8. The molecule has 220 valence electrons. The summed E-state index contributed by atoms with van der Waals surface area (Å²) in [7, 11) is 0. The van der Waals surface area contributed by atoms with Gasteiger partial charge in [0.1, 0.15) is 17.6 Å². The summed E-state index contributed by atoms with van der Waals surface area (Å²) in [6.07, 6.45) is 3.53. The van der Waals surface area contributed by atoms with Crippen LogP contribution < -0.4 is 59.1 Å². The molecule has 4 heterocycles. The molecule has 0 fully saturated rings. The Balaban J connectivity index is 0.00000150. The molecule has 3 aromatic carbocycles. The van der Waals surface area contributed by atoms with Crippen LogP contribution in [-0.4, -0.2) is 52.6 Å². The number of halogens is 1. The van der Waals surface area contributed by atoms with Gasteiger partial charge in [0.05, 0.1) is 17.0 Å². The summed E-state index contributed by atoms with van der Waals surface area (Å²) in [6.45, 7) is 3.26. The van der Waals surface area contributed by atoms with E-state index in [0.29, 0.717) is 41.5 Å². The standard InChI is InChI=1S/C33H30ClN7O2.2Na.2H/c1-2-3-8-27-35-26-17-18-40-30(31(42)28(33(40)43)22-13-15-23(34)16-14-22)29(26)41(27)19-20-9-11-21(12-10-20)24-6-4-5-7-25(24)32-36-38-39-37-32;;;;/h4-7,9-16,30,42H,2-3,8,17-19H2,1H3,(H,36,37,38,39);;;;/q;2*+1;2*-1. The summed E-state index contributed by atoms with van der Waals surface area (Å²) in [6, 6.07) is 22.9. The van der Waals surface area contributed by atoms with E-state index < -0.39 is 6.04 Å². The molecule has 2 aromatic heterocycles. The van der Waals surface area contributed by atoms with Crippen molar-refractivity contribution in [1.29, 1.82) is 0 Å². The van der Waals surface area contributed by atoms with E-state index in [9.17, 15) is 9.90 Å². The molecule has 0 saturated heterocycles. The zero-order chi connectivity index (χ0) is 29.5. The van der Waals surface area contributed by atoms with Crippen molar-refractivity contribution in [2.45, 2.75) is 45.2 Å². The number of hydrogen-bond acceptors (Lipinski definition) is 6. The molecular formula is C33H32ClN7Na2O2. The normalized spacial score (nSPS) is 15.4. The summed E-state index contributed by atoms with van der Waals surface area (Å²) in [4.78, 5) is 20.5. The first-order valence-corrected chi connectivity index (χ1v) is 14.9. The fourth-order valence-corrected chi connectivity index (χ4v) is 6.34. The third-order valence-corrected chi connectivity index (χ3v) is 8.57. The second-order valence-electron chi connectivity index (χ2n) is 10.9. The zero-order valence-corrected chi connectivity index (χ0v) is 30.4. The Morgan fingerprint density at radius 2 is 1.71 bits per heavy atom. The van der Waals surface area contributed by atoms with Crippen molar-refractivity contribution in [3.05, 3.63) is 112 Å². The number of aromatic nitrogens is 6. The fourth-order valence-electron chi connectivity index (χ4n) is 6.21. The number of carbonyl (C=O) groups is 1. The number of H-pyrrole nitrogens is 1. The van der Waals surface area contributed by atoms with Gasteiger partial charge in [-0.3, -0.25) is 4.79 Å². The first kappa shape index (κ1) is 33.6. The van der Waals surface area contributed by atoms with E-state index in [2.05, 4.69) is 62.4 Å². The van der Waals surface area contributed by atoms with Gasteiger partial charge in [-0.1, -0.05) is 85.6 Å². The SMILES string of the molecule is CCCCc1nc2c(n1Cc1ccc(-c3ccccc3-c3nn[nH]n3)cc1)C1C(O)=C(c3ccc(Cl)cc3)C(=O)N1CC2.[H-].[H-].[Na+].[Na+]. The molecule has 1 amide bonds. The number of aliphatic hydroxyl groups excluding tert-OH is 1. The zero-order valence-electron chi connectivity index (χ0n) is 27.7. The predicted molar refractivity (Wildman–Crippen MR) is 166 cm³/mol. The van der Waals surface area contributed by atoms with Crippen LogP contribution in [0.15, 0.2) is 78.6 Å². The Morgan fingerprint density at radius 3 is 2.40 bits per heavy atom. The number of carbonyl (C=O) groups excluding carboxylic acids is 1. The third-order valence-electron chi connectivity index (χ3n) is 8.32. The van der Waals surface area contributed by atoms with Crippen molar-refractivity contribution in [3.63, 3.8) is 0 Å². The molecule has 1 atom stereocenters. The molecule has 0 aliphatic carbocycles. The van der Waals surface area contributed by atoms with Gasteiger partial charge in [-0.05, 0) is 46.0 Å². The maximum absolute atomic E-state index is 13.6. The number of benzene rings is 3. The Kier molecular flexibility index (Phi) is 10.7. The van der Waals surface area contributed by atoms with E-state index in [1.165, 1.54) is 0 Å². The van der Waals surface area contributed by atoms with Crippen LogP contribution in [0.2, 0.25) is 5.02 Å². The molecule has 45 heavy (non-hydrogen) atoms. The minimum absolute atomic E-state index is 0. The smallest absolute Gasteiger partial charge is 1.00 e. The Bertz CT molecular complexity index is 1850. The maximum atomic E-state index is 13.6. The summed E-state index contributed by atoms with van der Waals surface area (Å²) < 4.78 is 2.22. The molecule has 7 rings (SSSR count). The Labute approximate surface area is 313 Å². The number of aliphatic hydroxyl groups is 1. The van der Waals surface area contributed by atoms with Crippen molar-refractivity contribution >= 4 is 23.1 Å². The molecular weight excluding hydrogens is 608 g/mol. The molecule has 12 heteroatoms. The van der Waals surface area contributed by atoms with Gasteiger partial charge in [0, 0.05) is 36.5 Å². The number of nitrogens with zero attached hydrogens (tertiary/aromatic N) is 6. The Morgan fingerprint density at radius 1 is 1.00 bits per heavy atom. The number of tetrazole rings is 1. The van der Waals surface area contributed by atoms with Crippen LogP contribution in [-0.2, 0) is 24.2 Å². The number of imidazole rings is 1. The summed E-state index contributed by atoms with van der Waals surface area (Å²) in [5, 5.41) is 26.8. The van der Waals surface area contributed by atoms with Crippen LogP contribution >= 0.6 is 11.6 Å². The van der Waals surface area contributed by atoms with Crippen LogP contribution in [0.3, 0.4) is 0 Å². The minimum atomic E-state index is -0.564. The topological polar surface area (TPSA) is 113 Å². The van der Waals surface area contributed by atoms with Gasteiger partial charge >= 0.3 is 59.1 Å². The van der Waals surface area contributed by atoms with Gasteiger partial charge < -0.3 is 17.4 Å². The van der Waals surface area contributed by atoms with Gasteiger partial charge in [-0.15, -0.1) is 10.2 Å². The Hall–Kier alpha value is -2.76. The van der Waals surface area contributed by atoms with Crippen LogP contribution in [0.1, 0.15) is 57.0 Å². The summed E-state index contributed by atoms with van der Waals surface area (Å²) in [5.74, 6) is 1.44. The van der Waals surface area contributed by atoms with Crippen LogP contribution in [0, 0.1) is 0 Å². The molecule has 2 aliphatic heterocycles. The summed E-state index contributed by atoms with van der Waals surface area (Å²) in [5.41, 5.74) is 6.92. The van der Waals surface area contributed by atoms with Gasteiger partial charge in [-0.2, -0.15) is 5.21 Å². The molecule has 5 aromatic rings. The van der Waals surface area contributed by atoms with E-state index >= 15 is 0 Å². The number of nitrogens with one attached hydrogen (secondary N) is 1. The minimum Gasteiger partial charge on any atom is -1.00 e. The van der Waals surface area contributed by atoms with Crippen molar-refractivity contribution in [3.8, 4) is 22.5 Å². The second-order valence-corrected chi connectivity index (χ2v) is 11.4. The van der Waals surface area contributed by atoms with Gasteiger partial charge in [0.25, 0.3) is 5.91 Å². The van der Waals surface area contributed by atoms with E-state index in [-0.39, 0.29) is 73.6 Å². The van der Waals surface area contributed by atoms with Gasteiger partial charge in [0.15, 0.2) is 0 Å². The maximum Gasteiger partial charge on any atom is 1.00 e. The first-order chi connectivity index (χ1) is 21.0. The largest absolute Gasteiger partial charge is 1.00 e. The van der Waals surface area contributed by atoms with Gasteiger partial charge in [-0.25, -0.2) is 4.98 Å². The number of aryl methyl sites for hydroxylation is 1. The van der Waals surface area contributed by atoms with Crippen molar-refractivity contribution in [2.24, 2.45) is 0 Å². The third kappa shape index (κ3) is 6.32. The van der Waals surface area contributed by atoms with Crippen molar-refractivity contribution in [2.75, 3.05) is 6.54 Å². The van der Waals surface area contributed by atoms with E-state index in [1.54, 1.807) is 29.2 Å². The quantitative estimate of drug-likeness (QED) is 0.238. The monoisotopic (exact) mass is 639 g/mol. The number of aromatic amines is 1. The number of amides is 1. The average molecular weight is 640 g/mol. The van der Waals surface area contributed by atoms with E-state index in [4.69, 9.17) is 16.6 Å². The molecule has 0 saturated carbocycles. The number of fused-ring (bicyclic) bond motifs is 3. The van der Waals surface area contributed by atoms with Crippen LogP contribution in [0.4, 0.5) is 0 Å². The second kappa shape index (κ2) is 14.3. The molecule has 1 unspecified atom stereocenters. The van der Waals surface area contributed by atoms with E-state index in [1.807, 2.05) is 18.2 Å². The molecule has 2 aliphatic rings. The van der Waals surface area contributed by atoms with Crippen molar-refractivity contribution < 1.29 is 71.9 Å². The predicted octanol–water partition coefficient (Wildman–Crippen LogP) is 0.416. The molecule has 2 N–H and O–H groups in total. The van der Waals surface area contributed by atoms with Gasteiger partial charge in [0.2, 0.25) is 5.82 Å². The number of hydrogen-bond donors (Lipinski definition) is 2. The molecule has 0 radical (unpaired) electrons. The molecule has 9 nitrogen and oxygen atoms in total. The van der Waals surface area contributed by atoms with Crippen LogP contribution in [0.25, 0.3) is 28.1 Å². The first-order valence-electron chi connectivity index (χ1n) is 14.5. The number of unbranched alkanes of at least 4 members (excludes halogenated alkanes) is 1.